The van der Waals surface area contributed by atoms with Crippen LogP contribution < -0.4 is 5.43 Å². The van der Waals surface area contributed by atoms with Crippen molar-refractivity contribution in [3.8, 4) is 0 Å². The first-order valence-corrected chi connectivity index (χ1v) is 8.66. The van der Waals surface area contributed by atoms with Gasteiger partial charge in [-0.3, -0.25) is 19.7 Å². The monoisotopic (exact) mass is 380 g/mol. The van der Waals surface area contributed by atoms with E-state index in [2.05, 4.69) is 0 Å². The second kappa shape index (κ2) is 6.58. The summed E-state index contributed by atoms with van der Waals surface area (Å²) in [4.78, 5) is 37.9. The van der Waals surface area contributed by atoms with Crippen molar-refractivity contribution in [1.82, 2.24) is 4.90 Å². The van der Waals surface area contributed by atoms with Crippen LogP contribution in [-0.4, -0.2) is 34.0 Å². The average molecular weight is 380 g/mol. The molecule has 3 aromatic rings. The van der Waals surface area contributed by atoms with Gasteiger partial charge >= 0.3 is 0 Å². The first-order valence-electron chi connectivity index (χ1n) is 8.66. The summed E-state index contributed by atoms with van der Waals surface area (Å²) in [6.07, 6.45) is 0. The maximum Gasteiger partial charge on any atom is 0.290 e. The average Bonchev–Trinajstić information content (AvgIpc) is 2.95. The van der Waals surface area contributed by atoms with Gasteiger partial charge in [-0.1, -0.05) is 11.6 Å². The Balaban J connectivity index is 1.96. The molecule has 1 aromatic heterocycles. The number of aryl methyl sites for hydroxylation is 1. The van der Waals surface area contributed by atoms with E-state index in [0.29, 0.717) is 16.5 Å². The largest absolute Gasteiger partial charge is 0.450 e. The van der Waals surface area contributed by atoms with Gasteiger partial charge in [0.2, 0.25) is 5.76 Å². The zero-order valence-corrected chi connectivity index (χ0v) is 14.9. The SMILES string of the molecule is Cc1ccc2oc3c(c(=O)c2c1)[C@H](c1ccc([N+](=O)[O-])cc1)N(CCO)C3=O. The molecule has 1 amide bonds. The molecule has 142 valence electrons. The molecule has 2 aromatic carbocycles. The van der Waals surface area contributed by atoms with E-state index in [4.69, 9.17) is 4.42 Å². The summed E-state index contributed by atoms with van der Waals surface area (Å²) in [5.41, 5.74) is 1.50. The molecule has 8 nitrogen and oxygen atoms in total. The number of benzene rings is 2. The molecule has 0 aliphatic carbocycles. The van der Waals surface area contributed by atoms with E-state index in [1.54, 1.807) is 18.2 Å². The number of non-ortho nitro benzene ring substituents is 1. The molecule has 0 saturated heterocycles. The zero-order valence-electron chi connectivity index (χ0n) is 14.9. The molecule has 0 saturated carbocycles. The quantitative estimate of drug-likeness (QED) is 0.550. The molecule has 1 aliphatic rings. The number of nitro groups is 1. The van der Waals surface area contributed by atoms with Crippen LogP contribution in [0.1, 0.15) is 33.3 Å². The minimum absolute atomic E-state index is 0.000495. The van der Waals surface area contributed by atoms with Gasteiger partial charge in [0.15, 0.2) is 5.43 Å². The molecule has 0 fully saturated rings. The van der Waals surface area contributed by atoms with Crippen molar-refractivity contribution < 1.29 is 19.2 Å². The number of hydrogen-bond donors (Lipinski definition) is 1. The van der Waals surface area contributed by atoms with E-state index in [1.807, 2.05) is 6.92 Å². The van der Waals surface area contributed by atoms with Crippen LogP contribution in [0.4, 0.5) is 5.69 Å². The third kappa shape index (κ3) is 2.66. The van der Waals surface area contributed by atoms with Crippen LogP contribution in [0.3, 0.4) is 0 Å². The van der Waals surface area contributed by atoms with Crippen LogP contribution >= 0.6 is 0 Å². The number of carbonyl (C=O) groups is 1. The van der Waals surface area contributed by atoms with Crippen molar-refractivity contribution in [3.05, 3.63) is 85.3 Å². The van der Waals surface area contributed by atoms with Crippen molar-refractivity contribution in [2.45, 2.75) is 13.0 Å². The Bertz CT molecular complexity index is 1170. The third-order valence-electron chi connectivity index (χ3n) is 4.88. The lowest BCUT2D eigenvalue weighted by Crippen LogP contribution is -2.32. The summed E-state index contributed by atoms with van der Waals surface area (Å²) in [6.45, 7) is 1.55. The Labute approximate surface area is 158 Å². The molecule has 4 rings (SSSR count). The van der Waals surface area contributed by atoms with Gasteiger partial charge in [-0.2, -0.15) is 0 Å². The first kappa shape index (κ1) is 17.9. The Kier molecular flexibility index (Phi) is 4.20. The van der Waals surface area contributed by atoms with Gasteiger partial charge in [0.25, 0.3) is 11.6 Å². The van der Waals surface area contributed by atoms with Gasteiger partial charge in [-0.15, -0.1) is 0 Å². The summed E-state index contributed by atoms with van der Waals surface area (Å²) < 4.78 is 5.76. The molecular formula is C20H16N2O6. The van der Waals surface area contributed by atoms with Gasteiger partial charge in [-0.05, 0) is 36.8 Å². The zero-order chi connectivity index (χ0) is 20.0. The van der Waals surface area contributed by atoms with Crippen LogP contribution in [-0.2, 0) is 0 Å². The van der Waals surface area contributed by atoms with Crippen LogP contribution in [0, 0.1) is 17.0 Å². The Morgan fingerprint density at radius 2 is 1.89 bits per heavy atom. The van der Waals surface area contributed by atoms with Crippen LogP contribution in [0.2, 0.25) is 0 Å². The highest BCUT2D eigenvalue weighted by Gasteiger charge is 2.42. The highest BCUT2D eigenvalue weighted by atomic mass is 16.6. The predicted octanol–water partition coefficient (Wildman–Crippen LogP) is 2.55. The van der Waals surface area contributed by atoms with Gasteiger partial charge in [0.05, 0.1) is 28.5 Å². The van der Waals surface area contributed by atoms with Crippen molar-refractivity contribution in [1.29, 1.82) is 0 Å². The molecule has 0 radical (unpaired) electrons. The van der Waals surface area contributed by atoms with E-state index in [9.17, 15) is 24.8 Å². The van der Waals surface area contributed by atoms with Crippen molar-refractivity contribution in [2.24, 2.45) is 0 Å². The van der Waals surface area contributed by atoms with E-state index in [0.717, 1.165) is 5.56 Å². The molecule has 1 atom stereocenters. The highest BCUT2D eigenvalue weighted by molar-refractivity contribution is 5.99. The fourth-order valence-electron chi connectivity index (χ4n) is 3.60. The molecule has 2 heterocycles. The smallest absolute Gasteiger partial charge is 0.290 e. The third-order valence-corrected chi connectivity index (χ3v) is 4.88. The molecular weight excluding hydrogens is 364 g/mol. The molecule has 8 heteroatoms. The standard InChI is InChI=1S/C20H16N2O6/c1-11-2-7-15-14(10-11)18(24)16-17(12-3-5-13(6-4-12)22(26)27)21(8-9-23)20(25)19(16)28-15/h2-7,10,17,23H,8-9H2,1H3/t17-/m0/s1. The van der Waals surface area contributed by atoms with Gasteiger partial charge in [0, 0.05) is 18.7 Å². The minimum Gasteiger partial charge on any atom is -0.450 e. The summed E-state index contributed by atoms with van der Waals surface area (Å²) in [6, 6.07) is 10.0. The van der Waals surface area contributed by atoms with E-state index >= 15 is 0 Å². The highest BCUT2D eigenvalue weighted by Crippen LogP contribution is 2.38. The number of nitro benzene ring substituents is 1. The number of β-amino-alcohol motifs (C(OH)–C–C–N with tert-alkyl or cyclic N) is 1. The van der Waals surface area contributed by atoms with Crippen LogP contribution in [0.5, 0.6) is 0 Å². The van der Waals surface area contributed by atoms with Gasteiger partial charge in [-0.25, -0.2) is 0 Å². The summed E-state index contributed by atoms with van der Waals surface area (Å²) in [5.74, 6) is -0.551. The molecule has 0 unspecified atom stereocenters. The number of nitrogens with zero attached hydrogens (tertiary/aromatic N) is 2. The maximum atomic E-state index is 13.2. The number of rotatable bonds is 4. The molecule has 1 aliphatic heterocycles. The fourth-order valence-corrected chi connectivity index (χ4v) is 3.60. The van der Waals surface area contributed by atoms with Crippen molar-refractivity contribution in [2.75, 3.05) is 13.2 Å². The fraction of sp³-hybridized carbons (Fsp3) is 0.200. The lowest BCUT2D eigenvalue weighted by atomic mass is 9.98. The second-order valence-corrected chi connectivity index (χ2v) is 6.65. The topological polar surface area (TPSA) is 114 Å². The lowest BCUT2D eigenvalue weighted by Gasteiger charge is -2.24. The molecule has 1 N–H and O–H groups in total. The van der Waals surface area contributed by atoms with E-state index in [1.165, 1.54) is 29.2 Å². The number of aliphatic hydroxyl groups excluding tert-OH is 1. The van der Waals surface area contributed by atoms with Crippen LogP contribution in [0.15, 0.2) is 51.7 Å². The Morgan fingerprint density at radius 1 is 1.18 bits per heavy atom. The van der Waals surface area contributed by atoms with Gasteiger partial charge < -0.3 is 14.4 Å². The lowest BCUT2D eigenvalue weighted by molar-refractivity contribution is -0.384. The van der Waals surface area contributed by atoms with Gasteiger partial charge in [0.1, 0.15) is 5.58 Å². The summed E-state index contributed by atoms with van der Waals surface area (Å²) >= 11 is 0. The molecule has 28 heavy (non-hydrogen) atoms. The predicted molar refractivity (Wildman–Crippen MR) is 100 cm³/mol. The number of amides is 1. The van der Waals surface area contributed by atoms with E-state index < -0.39 is 16.9 Å². The molecule has 0 spiro atoms. The summed E-state index contributed by atoms with van der Waals surface area (Å²) in [5, 5.41) is 20.7. The van der Waals surface area contributed by atoms with E-state index in [-0.39, 0.29) is 35.6 Å². The maximum absolute atomic E-state index is 13.2. The normalized spacial score (nSPS) is 15.9. The number of hydrogen-bond acceptors (Lipinski definition) is 6. The number of fused-ring (bicyclic) bond motifs is 2. The number of aliphatic hydroxyl groups is 1. The Morgan fingerprint density at radius 3 is 2.54 bits per heavy atom. The molecule has 0 bridgehead atoms. The second-order valence-electron chi connectivity index (χ2n) is 6.65. The minimum atomic E-state index is -0.781. The van der Waals surface area contributed by atoms with Crippen molar-refractivity contribution in [3.63, 3.8) is 0 Å². The van der Waals surface area contributed by atoms with Crippen LogP contribution in [0.25, 0.3) is 11.0 Å². The summed E-state index contributed by atoms with van der Waals surface area (Å²) in [7, 11) is 0. The van der Waals surface area contributed by atoms with Crippen molar-refractivity contribution >= 4 is 22.6 Å². The number of carbonyl (C=O) groups excluding carboxylic acids is 1. The first-order chi connectivity index (χ1) is 13.4. The Hall–Kier alpha value is -3.52.